The third kappa shape index (κ3) is 6.51. The van der Waals surface area contributed by atoms with Crippen LogP contribution >= 0.6 is 0 Å². The normalized spacial score (nSPS) is 7.27. The number of aryl methyl sites for hydroxylation is 2. The molecule has 0 aliphatic rings. The van der Waals surface area contributed by atoms with Crippen molar-refractivity contribution in [3.05, 3.63) is 24.9 Å². The number of hydrogen-bond acceptors (Lipinski definition) is 3. The van der Waals surface area contributed by atoms with E-state index in [0.717, 1.165) is 11.6 Å². The molecule has 0 amide bonds. The van der Waals surface area contributed by atoms with Crippen LogP contribution in [0.4, 0.5) is 0 Å². The van der Waals surface area contributed by atoms with Crippen molar-refractivity contribution in [3.63, 3.8) is 0 Å². The summed E-state index contributed by atoms with van der Waals surface area (Å²) in [6.07, 6.45) is 2.47. The fraction of sp³-hybridized carbons (Fsp3) is 0.429. The molecule has 1 rings (SSSR count). The fourth-order valence-electron chi connectivity index (χ4n) is 0.454. The van der Waals surface area contributed by atoms with E-state index in [9.17, 15) is 0 Å². The van der Waals surface area contributed by atoms with E-state index in [2.05, 4.69) is 28.2 Å². The number of nitrogens with zero attached hydrogens (tertiary/aromatic N) is 3. The topological polar surface area (TPSA) is 38.7 Å². The summed E-state index contributed by atoms with van der Waals surface area (Å²) in [5.41, 5.74) is 0. The molecule has 1 radical (unpaired) electrons. The molecule has 0 N–H and O–H groups in total. The maximum atomic E-state index is 3.92. The number of aromatic nitrogens is 3. The van der Waals surface area contributed by atoms with E-state index < -0.39 is 0 Å². The van der Waals surface area contributed by atoms with Gasteiger partial charge in [-0.25, -0.2) is 0 Å². The van der Waals surface area contributed by atoms with Crippen molar-refractivity contribution in [3.8, 4) is 0 Å². The standard InChI is InChI=1S/C5H6N3.C2H5.Y/c1-4-6-3-7-5(2)8-4;1-2;/h1-2H3;1H2,2H3;/q2*-1;. The third-order valence-corrected chi connectivity index (χ3v) is 0.747. The number of hydrogen-bond donors (Lipinski definition) is 0. The van der Waals surface area contributed by atoms with Crippen LogP contribution in [0.3, 0.4) is 0 Å². The molecule has 0 spiro atoms. The second-order valence-electron chi connectivity index (χ2n) is 1.53. The molecule has 4 heteroatoms. The van der Waals surface area contributed by atoms with E-state index in [0.29, 0.717) is 0 Å². The van der Waals surface area contributed by atoms with Crippen molar-refractivity contribution < 1.29 is 32.7 Å². The molecule has 0 aromatic carbocycles. The van der Waals surface area contributed by atoms with Gasteiger partial charge in [0.2, 0.25) is 0 Å². The van der Waals surface area contributed by atoms with Crippen LogP contribution < -0.4 is 0 Å². The first-order valence-corrected chi connectivity index (χ1v) is 3.05. The molecule has 0 atom stereocenters. The van der Waals surface area contributed by atoms with E-state index in [1.807, 2.05) is 13.8 Å². The second-order valence-corrected chi connectivity index (χ2v) is 1.53. The maximum absolute atomic E-state index is 3.92. The number of rotatable bonds is 0. The Labute approximate surface area is 92.9 Å². The van der Waals surface area contributed by atoms with E-state index in [1.165, 1.54) is 0 Å². The summed E-state index contributed by atoms with van der Waals surface area (Å²) in [6, 6.07) is 0. The fourth-order valence-corrected chi connectivity index (χ4v) is 0.454. The van der Waals surface area contributed by atoms with Crippen LogP contribution in [0.25, 0.3) is 0 Å². The maximum Gasteiger partial charge on any atom is 0.0247 e. The summed E-state index contributed by atoms with van der Waals surface area (Å²) >= 11 is 0. The average molecular weight is 226 g/mol. The van der Waals surface area contributed by atoms with Gasteiger partial charge >= 0.3 is 0 Å². The molecular formula is C7H11N3Y-2. The van der Waals surface area contributed by atoms with Crippen molar-refractivity contribution >= 4 is 0 Å². The van der Waals surface area contributed by atoms with E-state index in [4.69, 9.17) is 0 Å². The molecule has 0 aliphatic carbocycles. The molecule has 1 heterocycles. The van der Waals surface area contributed by atoms with Crippen molar-refractivity contribution in [1.29, 1.82) is 0 Å². The molecule has 59 valence electrons. The van der Waals surface area contributed by atoms with Crippen molar-refractivity contribution in [2.45, 2.75) is 20.8 Å². The molecular weight excluding hydrogens is 215 g/mol. The molecule has 0 bridgehead atoms. The molecule has 0 aliphatic heterocycles. The Morgan fingerprint density at radius 2 is 1.45 bits per heavy atom. The van der Waals surface area contributed by atoms with Crippen molar-refractivity contribution in [1.82, 2.24) is 15.0 Å². The molecule has 1 aromatic heterocycles. The van der Waals surface area contributed by atoms with E-state index >= 15 is 0 Å². The van der Waals surface area contributed by atoms with Crippen LogP contribution in [-0.4, -0.2) is 15.0 Å². The quantitative estimate of drug-likeness (QED) is 0.622. The third-order valence-electron chi connectivity index (χ3n) is 0.747. The molecule has 0 fully saturated rings. The zero-order valence-electron chi connectivity index (χ0n) is 7.13. The van der Waals surface area contributed by atoms with Crippen molar-refractivity contribution in [2.24, 2.45) is 0 Å². The molecule has 1 aromatic rings. The summed E-state index contributed by atoms with van der Waals surface area (Å²) < 4.78 is 0. The van der Waals surface area contributed by atoms with Crippen LogP contribution in [-0.2, 0) is 32.7 Å². The summed E-state index contributed by atoms with van der Waals surface area (Å²) in [6.45, 7) is 8.62. The van der Waals surface area contributed by atoms with Crippen LogP contribution in [0, 0.1) is 27.1 Å². The summed E-state index contributed by atoms with van der Waals surface area (Å²) in [7, 11) is 0. The SMILES string of the molecule is Cc1n[c-]nc(C)n1.[CH2-]C.[Y]. The van der Waals surface area contributed by atoms with E-state index in [1.54, 1.807) is 6.92 Å². The molecule has 0 saturated carbocycles. The Kier molecular flexibility index (Phi) is 10.2. The van der Waals surface area contributed by atoms with Gasteiger partial charge < -0.3 is 21.9 Å². The van der Waals surface area contributed by atoms with Gasteiger partial charge in [-0.3, -0.25) is 0 Å². The Bertz CT molecular complexity index is 174. The molecule has 0 saturated heterocycles. The molecule has 3 nitrogen and oxygen atoms in total. The second kappa shape index (κ2) is 8.21. The van der Waals surface area contributed by atoms with Crippen LogP contribution in [0.1, 0.15) is 18.6 Å². The van der Waals surface area contributed by atoms with Gasteiger partial charge in [0, 0.05) is 50.7 Å². The van der Waals surface area contributed by atoms with Gasteiger partial charge in [-0.15, -0.1) is 0 Å². The summed E-state index contributed by atoms with van der Waals surface area (Å²) in [5, 5.41) is 0. The van der Waals surface area contributed by atoms with E-state index in [-0.39, 0.29) is 32.7 Å². The molecule has 11 heavy (non-hydrogen) atoms. The Balaban J connectivity index is 0. The first kappa shape index (κ1) is 13.7. The Morgan fingerprint density at radius 3 is 1.64 bits per heavy atom. The van der Waals surface area contributed by atoms with Gasteiger partial charge in [-0.05, 0) is 0 Å². The van der Waals surface area contributed by atoms with Crippen LogP contribution in [0.5, 0.6) is 0 Å². The first-order valence-electron chi connectivity index (χ1n) is 3.05. The van der Waals surface area contributed by atoms with Crippen LogP contribution in [0.15, 0.2) is 0 Å². The van der Waals surface area contributed by atoms with Gasteiger partial charge in [0.15, 0.2) is 0 Å². The van der Waals surface area contributed by atoms with Gasteiger partial charge in [-0.2, -0.15) is 6.92 Å². The molecule has 0 unspecified atom stereocenters. The van der Waals surface area contributed by atoms with Crippen LogP contribution in [0.2, 0.25) is 0 Å². The van der Waals surface area contributed by atoms with Gasteiger partial charge in [-0.1, -0.05) is 13.8 Å². The average Bonchev–Trinajstić information content (AvgIpc) is 1.91. The van der Waals surface area contributed by atoms with Gasteiger partial charge in [0.25, 0.3) is 0 Å². The van der Waals surface area contributed by atoms with Crippen molar-refractivity contribution in [2.75, 3.05) is 0 Å². The predicted molar refractivity (Wildman–Crippen MR) is 39.2 cm³/mol. The summed E-state index contributed by atoms with van der Waals surface area (Å²) in [5.74, 6) is 1.44. The van der Waals surface area contributed by atoms with Gasteiger partial charge in [0.1, 0.15) is 0 Å². The summed E-state index contributed by atoms with van der Waals surface area (Å²) in [4.78, 5) is 11.3. The first-order chi connectivity index (χ1) is 4.79. The zero-order valence-corrected chi connectivity index (χ0v) is 9.96. The monoisotopic (exact) mass is 226 g/mol. The Morgan fingerprint density at radius 1 is 1.09 bits per heavy atom. The Hall–Kier alpha value is 0.114. The van der Waals surface area contributed by atoms with Gasteiger partial charge in [0.05, 0.1) is 0 Å². The minimum Gasteiger partial charge on any atom is -0.353 e. The minimum atomic E-state index is 0. The zero-order chi connectivity index (χ0) is 7.98. The minimum absolute atomic E-state index is 0. The largest absolute Gasteiger partial charge is 0.353 e. The smallest absolute Gasteiger partial charge is 0.0247 e. The predicted octanol–water partition coefficient (Wildman–Crippen LogP) is 1.13.